The lowest BCUT2D eigenvalue weighted by Crippen LogP contribution is -2.17. The highest BCUT2D eigenvalue weighted by atomic mass is 16.6. The number of carbonyl (C=O) groups excluding carboxylic acids is 2. The minimum Gasteiger partial charge on any atom is -0.491 e. The van der Waals surface area contributed by atoms with Crippen LogP contribution in [0.25, 0.3) is 0 Å². The lowest BCUT2D eigenvalue weighted by Gasteiger charge is -2.07. The fourth-order valence-electron chi connectivity index (χ4n) is 1.59. The van der Waals surface area contributed by atoms with E-state index >= 15 is 0 Å². The zero-order valence-corrected chi connectivity index (χ0v) is 13.2. The molecule has 10 nitrogen and oxygen atoms in total. The average molecular weight is 355 g/mol. The Morgan fingerprint density at radius 2 is 1.64 bits per heavy atom. The lowest BCUT2D eigenvalue weighted by molar-refractivity contribution is -0.384. The highest BCUT2D eigenvalue weighted by Gasteiger charge is 2.14. The Hall–Kier alpha value is -3.01. The highest BCUT2D eigenvalue weighted by molar-refractivity contribution is 6.32. The number of Topliss-reactive ketones (excluding diaryl/α,β-unsaturated/α-hetero) is 1. The quantitative estimate of drug-likeness (QED) is 0.191. The van der Waals surface area contributed by atoms with E-state index in [1.165, 1.54) is 24.3 Å². The number of aliphatic carboxylic acids is 1. The molecule has 0 aliphatic heterocycles. The molecule has 1 aromatic carbocycles. The summed E-state index contributed by atoms with van der Waals surface area (Å²) in [7, 11) is 0. The number of nitro benzene ring substituents is 1. The number of nitro groups is 1. The second-order valence-electron chi connectivity index (χ2n) is 4.66. The van der Waals surface area contributed by atoms with Gasteiger partial charge in [0.1, 0.15) is 19.0 Å². The molecule has 0 aliphatic carbocycles. The molecule has 0 atom stereocenters. The molecule has 10 heteroatoms. The number of hydrogen-bond acceptors (Lipinski definition) is 8. The van der Waals surface area contributed by atoms with Crippen LogP contribution >= 0.6 is 0 Å². The van der Waals surface area contributed by atoms with Gasteiger partial charge < -0.3 is 19.3 Å². The Morgan fingerprint density at radius 1 is 1.00 bits per heavy atom. The SMILES string of the molecule is O=C(CCC(=O)C(=O)O)OCCOCCOc1ccc([N+](=O)[O-])cc1. The Bertz CT molecular complexity index is 612. The monoisotopic (exact) mass is 355 g/mol. The third kappa shape index (κ3) is 8.42. The number of esters is 1. The lowest BCUT2D eigenvalue weighted by atomic mass is 10.2. The van der Waals surface area contributed by atoms with Gasteiger partial charge in [-0.3, -0.25) is 19.7 Å². The summed E-state index contributed by atoms with van der Waals surface area (Å²) < 4.78 is 15.2. The van der Waals surface area contributed by atoms with Gasteiger partial charge >= 0.3 is 11.9 Å². The molecule has 0 aliphatic rings. The van der Waals surface area contributed by atoms with Crippen LogP contribution in [-0.2, 0) is 23.9 Å². The van der Waals surface area contributed by atoms with E-state index in [4.69, 9.17) is 19.3 Å². The van der Waals surface area contributed by atoms with Crippen LogP contribution in [0, 0.1) is 10.1 Å². The Labute approximate surface area is 142 Å². The molecule has 0 heterocycles. The van der Waals surface area contributed by atoms with Crippen LogP contribution < -0.4 is 4.74 Å². The maximum atomic E-state index is 11.2. The average Bonchev–Trinajstić information content (AvgIpc) is 2.59. The molecule has 0 spiro atoms. The van der Waals surface area contributed by atoms with Crippen LogP contribution in [0.15, 0.2) is 24.3 Å². The molecule has 0 saturated carbocycles. The molecule has 0 bridgehead atoms. The number of carboxylic acid groups (broad SMARTS) is 1. The normalized spacial score (nSPS) is 10.1. The van der Waals surface area contributed by atoms with Gasteiger partial charge in [-0.25, -0.2) is 4.79 Å². The zero-order valence-electron chi connectivity index (χ0n) is 13.2. The number of non-ortho nitro benzene ring substituents is 1. The summed E-state index contributed by atoms with van der Waals surface area (Å²) in [6, 6.07) is 5.59. The molecule has 0 radical (unpaired) electrons. The zero-order chi connectivity index (χ0) is 18.7. The van der Waals surface area contributed by atoms with E-state index in [0.717, 1.165) is 0 Å². The van der Waals surface area contributed by atoms with Crippen molar-refractivity contribution in [3.8, 4) is 5.75 Å². The van der Waals surface area contributed by atoms with E-state index in [1.807, 2.05) is 0 Å². The van der Waals surface area contributed by atoms with Gasteiger partial charge in [-0.15, -0.1) is 0 Å². The summed E-state index contributed by atoms with van der Waals surface area (Å²) in [5.41, 5.74) is -0.0320. The van der Waals surface area contributed by atoms with Crippen molar-refractivity contribution in [2.75, 3.05) is 26.4 Å². The van der Waals surface area contributed by atoms with Crippen LogP contribution in [-0.4, -0.2) is 54.2 Å². The predicted octanol–water partition coefficient (Wildman–Crippen LogP) is 0.967. The van der Waals surface area contributed by atoms with Gasteiger partial charge in [0.2, 0.25) is 5.78 Å². The predicted molar refractivity (Wildman–Crippen MR) is 82.2 cm³/mol. The van der Waals surface area contributed by atoms with E-state index in [-0.39, 0.29) is 38.5 Å². The first-order valence-corrected chi connectivity index (χ1v) is 7.27. The van der Waals surface area contributed by atoms with Crippen LogP contribution in [0.3, 0.4) is 0 Å². The molecule has 0 amide bonds. The van der Waals surface area contributed by atoms with Crippen molar-refractivity contribution in [2.45, 2.75) is 12.8 Å². The third-order valence-electron chi connectivity index (χ3n) is 2.83. The van der Waals surface area contributed by atoms with Crippen LogP contribution in [0.5, 0.6) is 5.75 Å². The molecule has 136 valence electrons. The van der Waals surface area contributed by atoms with Crippen molar-refractivity contribution < 1.29 is 38.6 Å². The first kappa shape index (κ1) is 20.0. The number of hydrogen-bond donors (Lipinski definition) is 1. The minimum absolute atomic E-state index is 0.0301. The molecule has 0 fully saturated rings. The summed E-state index contributed by atoms with van der Waals surface area (Å²) in [5.74, 6) is -2.84. The Kier molecular flexibility index (Phi) is 8.58. The number of carboxylic acids is 1. The van der Waals surface area contributed by atoms with Gasteiger partial charge in [-0.05, 0) is 12.1 Å². The van der Waals surface area contributed by atoms with Crippen molar-refractivity contribution in [3.63, 3.8) is 0 Å². The third-order valence-corrected chi connectivity index (χ3v) is 2.83. The van der Waals surface area contributed by atoms with E-state index < -0.39 is 29.1 Å². The van der Waals surface area contributed by atoms with Gasteiger partial charge in [-0.1, -0.05) is 0 Å². The molecule has 25 heavy (non-hydrogen) atoms. The summed E-state index contributed by atoms with van der Waals surface area (Å²) in [4.78, 5) is 42.3. The van der Waals surface area contributed by atoms with Crippen molar-refractivity contribution in [2.24, 2.45) is 0 Å². The first-order chi connectivity index (χ1) is 11.9. The fraction of sp³-hybridized carbons (Fsp3) is 0.400. The number of rotatable bonds is 12. The second kappa shape index (κ2) is 10.7. The number of ketones is 1. The Morgan fingerprint density at radius 3 is 2.24 bits per heavy atom. The molecule has 1 N–H and O–H groups in total. The molecular formula is C15H17NO9. The number of carbonyl (C=O) groups is 3. The second-order valence-corrected chi connectivity index (χ2v) is 4.66. The molecule has 0 saturated heterocycles. The van der Waals surface area contributed by atoms with Crippen LogP contribution in [0.4, 0.5) is 5.69 Å². The van der Waals surface area contributed by atoms with Crippen molar-refractivity contribution >= 4 is 23.4 Å². The summed E-state index contributed by atoms with van der Waals surface area (Å²) in [6.07, 6.45) is -0.702. The largest absolute Gasteiger partial charge is 0.491 e. The number of benzene rings is 1. The van der Waals surface area contributed by atoms with Crippen LogP contribution in [0.2, 0.25) is 0 Å². The maximum Gasteiger partial charge on any atom is 0.372 e. The van der Waals surface area contributed by atoms with Crippen molar-refractivity contribution in [1.29, 1.82) is 0 Å². The van der Waals surface area contributed by atoms with Crippen molar-refractivity contribution in [1.82, 2.24) is 0 Å². The van der Waals surface area contributed by atoms with E-state index in [1.54, 1.807) is 0 Å². The van der Waals surface area contributed by atoms with Gasteiger partial charge in [-0.2, -0.15) is 0 Å². The summed E-state index contributed by atoms with van der Waals surface area (Å²) >= 11 is 0. The molecule has 0 aromatic heterocycles. The van der Waals surface area contributed by atoms with E-state index in [9.17, 15) is 24.5 Å². The highest BCUT2D eigenvalue weighted by Crippen LogP contribution is 2.16. The molecule has 1 rings (SSSR count). The van der Waals surface area contributed by atoms with Gasteiger partial charge in [0.25, 0.3) is 5.69 Å². The van der Waals surface area contributed by atoms with Gasteiger partial charge in [0.05, 0.1) is 24.6 Å². The standard InChI is InChI=1S/C15H17NO9/c17-13(15(19)20)5-6-14(18)25-10-8-23-7-9-24-12-3-1-11(2-4-12)16(21)22/h1-4H,5-10H2,(H,19,20). The fourth-order valence-corrected chi connectivity index (χ4v) is 1.59. The van der Waals surface area contributed by atoms with E-state index in [0.29, 0.717) is 5.75 Å². The molecular weight excluding hydrogens is 338 g/mol. The smallest absolute Gasteiger partial charge is 0.372 e. The first-order valence-electron chi connectivity index (χ1n) is 7.27. The van der Waals surface area contributed by atoms with E-state index in [2.05, 4.69) is 0 Å². The summed E-state index contributed by atoms with van der Waals surface area (Å²) in [5, 5.41) is 18.8. The molecule has 0 unspecified atom stereocenters. The summed E-state index contributed by atoms with van der Waals surface area (Å²) in [6.45, 7) is 0.505. The topological polar surface area (TPSA) is 142 Å². The Balaban J connectivity index is 2.04. The van der Waals surface area contributed by atoms with Gasteiger partial charge in [0.15, 0.2) is 0 Å². The number of ether oxygens (including phenoxy) is 3. The molecule has 1 aromatic rings. The van der Waals surface area contributed by atoms with Crippen LogP contribution in [0.1, 0.15) is 12.8 Å². The van der Waals surface area contributed by atoms with Gasteiger partial charge in [0, 0.05) is 18.6 Å². The maximum absolute atomic E-state index is 11.2. The number of nitrogens with zero attached hydrogens (tertiary/aromatic N) is 1. The van der Waals surface area contributed by atoms with Crippen molar-refractivity contribution in [3.05, 3.63) is 34.4 Å². The minimum atomic E-state index is -1.58.